The van der Waals surface area contributed by atoms with E-state index in [9.17, 15) is 19.1 Å². The number of amides is 2. The number of urea groups is 1. The molecule has 0 unspecified atom stereocenters. The van der Waals surface area contributed by atoms with Crippen LogP contribution in [0, 0.1) is 11.2 Å². The van der Waals surface area contributed by atoms with Gasteiger partial charge in [0.25, 0.3) is 5.56 Å². The van der Waals surface area contributed by atoms with E-state index in [1.54, 1.807) is 23.0 Å². The van der Waals surface area contributed by atoms with Gasteiger partial charge in [-0.25, -0.2) is 14.2 Å². The van der Waals surface area contributed by atoms with Gasteiger partial charge in [-0.3, -0.25) is 9.36 Å². The molecule has 1 aromatic heterocycles. The first-order valence-corrected chi connectivity index (χ1v) is 13.7. The second-order valence-corrected chi connectivity index (χ2v) is 11.5. The summed E-state index contributed by atoms with van der Waals surface area (Å²) in [4.78, 5) is 35.0. The van der Waals surface area contributed by atoms with Crippen LogP contribution in [0.5, 0.6) is 0 Å². The summed E-state index contributed by atoms with van der Waals surface area (Å²) < 4.78 is 15.5. The van der Waals surface area contributed by atoms with E-state index in [2.05, 4.69) is 10.3 Å². The highest BCUT2D eigenvalue weighted by Crippen LogP contribution is 2.52. The normalized spacial score (nSPS) is 27.6. The fourth-order valence-corrected chi connectivity index (χ4v) is 6.83. The van der Waals surface area contributed by atoms with E-state index in [1.165, 1.54) is 12.1 Å². The standard InChI is InChI=1S/C28H36FN5O3/c29-22-5-3-4-21(14-22)24-16-30-11-13-34(24)26(36)32-12-10-28(37,27(17-32)8-1-2-9-27)18-33-19-31-23(15-25(33)35)20-6-7-20/h3-5,14-15,19-20,24,30,37H,1-2,6-13,16-18H2/t24-,28+/m0/s1. The second kappa shape index (κ2) is 9.51. The maximum atomic E-state index is 14.0. The zero-order valence-corrected chi connectivity index (χ0v) is 21.2. The van der Waals surface area contributed by atoms with E-state index in [0.717, 1.165) is 49.8 Å². The molecule has 9 heteroatoms. The summed E-state index contributed by atoms with van der Waals surface area (Å²) in [5.41, 5.74) is -0.0223. The van der Waals surface area contributed by atoms with Crippen LogP contribution in [0.25, 0.3) is 0 Å². The quantitative estimate of drug-likeness (QED) is 0.661. The van der Waals surface area contributed by atoms with Crippen LogP contribution in [-0.4, -0.2) is 68.8 Å². The molecule has 0 bridgehead atoms. The molecule has 4 aliphatic rings. The number of nitrogens with one attached hydrogen (secondary N) is 1. The molecular weight excluding hydrogens is 473 g/mol. The first-order chi connectivity index (χ1) is 17.9. The number of aromatic nitrogens is 2. The van der Waals surface area contributed by atoms with Crippen LogP contribution in [0.3, 0.4) is 0 Å². The average molecular weight is 510 g/mol. The van der Waals surface area contributed by atoms with Crippen molar-refractivity contribution in [3.63, 3.8) is 0 Å². The van der Waals surface area contributed by atoms with Crippen molar-refractivity contribution in [1.29, 1.82) is 0 Å². The monoisotopic (exact) mass is 509 g/mol. The highest BCUT2D eigenvalue weighted by Gasteiger charge is 2.56. The van der Waals surface area contributed by atoms with Crippen molar-refractivity contribution >= 4 is 6.03 Å². The summed E-state index contributed by atoms with van der Waals surface area (Å²) >= 11 is 0. The van der Waals surface area contributed by atoms with Gasteiger partial charge in [0.05, 0.1) is 30.2 Å². The van der Waals surface area contributed by atoms with Crippen LogP contribution in [0.15, 0.2) is 41.5 Å². The van der Waals surface area contributed by atoms with Gasteiger partial charge in [0.1, 0.15) is 5.82 Å². The Bertz CT molecular complexity index is 1220. The number of piperidine rings is 1. The lowest BCUT2D eigenvalue weighted by molar-refractivity contribution is -0.137. The lowest BCUT2D eigenvalue weighted by Gasteiger charge is -2.53. The molecule has 2 saturated carbocycles. The molecular formula is C28H36FN5O3. The summed E-state index contributed by atoms with van der Waals surface area (Å²) in [6.07, 6.45) is 7.82. The molecule has 2 saturated heterocycles. The minimum absolute atomic E-state index is 0.0586. The van der Waals surface area contributed by atoms with Gasteiger partial charge < -0.3 is 20.2 Å². The third-order valence-corrected chi connectivity index (χ3v) is 9.16. The molecule has 2 amide bonds. The van der Waals surface area contributed by atoms with Crippen molar-refractivity contribution < 1.29 is 14.3 Å². The number of piperazine rings is 1. The van der Waals surface area contributed by atoms with Crippen molar-refractivity contribution in [2.75, 3.05) is 32.7 Å². The number of aliphatic hydroxyl groups is 1. The van der Waals surface area contributed by atoms with Gasteiger partial charge in [-0.05, 0) is 49.8 Å². The van der Waals surface area contributed by atoms with E-state index in [0.29, 0.717) is 45.1 Å². The third kappa shape index (κ3) is 4.56. The fourth-order valence-electron chi connectivity index (χ4n) is 6.83. The number of benzene rings is 1. The predicted molar refractivity (Wildman–Crippen MR) is 137 cm³/mol. The molecule has 0 radical (unpaired) electrons. The average Bonchev–Trinajstić information content (AvgIpc) is 3.65. The number of nitrogens with zero attached hydrogens (tertiary/aromatic N) is 4. The van der Waals surface area contributed by atoms with Gasteiger partial charge >= 0.3 is 6.03 Å². The Labute approximate surface area is 216 Å². The first kappa shape index (κ1) is 24.6. The highest BCUT2D eigenvalue weighted by molar-refractivity contribution is 5.75. The fraction of sp³-hybridized carbons (Fsp3) is 0.607. The molecule has 6 rings (SSSR count). The Morgan fingerprint density at radius 3 is 2.70 bits per heavy atom. The van der Waals surface area contributed by atoms with Crippen molar-refractivity contribution in [3.8, 4) is 0 Å². The zero-order chi connectivity index (χ0) is 25.6. The van der Waals surface area contributed by atoms with Crippen LogP contribution in [0.1, 0.15) is 68.2 Å². The molecule has 1 spiro atoms. The molecule has 1 aromatic carbocycles. The van der Waals surface area contributed by atoms with Crippen molar-refractivity contribution in [2.45, 2.75) is 69.1 Å². The van der Waals surface area contributed by atoms with E-state index >= 15 is 0 Å². The molecule has 2 aliphatic heterocycles. The SMILES string of the molecule is O=C(N1CC[C@@](O)(Cn2cnc(C3CC3)cc2=O)C2(CCCC2)C1)N1CCNC[C@H]1c1cccc(F)c1. The molecule has 2 N–H and O–H groups in total. The van der Waals surface area contributed by atoms with E-state index in [4.69, 9.17) is 0 Å². The lowest BCUT2D eigenvalue weighted by Crippen LogP contribution is -2.64. The molecule has 2 aromatic rings. The first-order valence-electron chi connectivity index (χ1n) is 13.7. The predicted octanol–water partition coefficient (Wildman–Crippen LogP) is 3.02. The van der Waals surface area contributed by atoms with E-state index < -0.39 is 11.0 Å². The van der Waals surface area contributed by atoms with Gasteiger partial charge in [-0.1, -0.05) is 25.0 Å². The smallest absolute Gasteiger partial charge is 0.320 e. The second-order valence-electron chi connectivity index (χ2n) is 11.5. The van der Waals surface area contributed by atoms with Crippen molar-refractivity contribution in [2.24, 2.45) is 5.41 Å². The number of hydrogen-bond donors (Lipinski definition) is 2. The summed E-state index contributed by atoms with van der Waals surface area (Å²) in [5, 5.41) is 15.4. The van der Waals surface area contributed by atoms with Crippen LogP contribution in [-0.2, 0) is 6.54 Å². The van der Waals surface area contributed by atoms with Crippen molar-refractivity contribution in [3.05, 3.63) is 64.1 Å². The summed E-state index contributed by atoms with van der Waals surface area (Å²) in [6.45, 7) is 2.88. The van der Waals surface area contributed by atoms with Crippen LogP contribution >= 0.6 is 0 Å². The Balaban J connectivity index is 1.23. The number of hydrogen-bond acceptors (Lipinski definition) is 5. The molecule has 8 nitrogen and oxygen atoms in total. The minimum Gasteiger partial charge on any atom is -0.387 e. The number of rotatable bonds is 4. The number of likely N-dealkylation sites (tertiary alicyclic amines) is 1. The minimum atomic E-state index is -1.09. The van der Waals surface area contributed by atoms with E-state index in [1.807, 2.05) is 15.9 Å². The Morgan fingerprint density at radius 1 is 1.16 bits per heavy atom. The summed E-state index contributed by atoms with van der Waals surface area (Å²) in [5.74, 6) is 0.0976. The van der Waals surface area contributed by atoms with Crippen LogP contribution in [0.2, 0.25) is 0 Å². The maximum absolute atomic E-state index is 14.0. The molecule has 4 fully saturated rings. The topological polar surface area (TPSA) is 90.7 Å². The Morgan fingerprint density at radius 2 is 1.97 bits per heavy atom. The van der Waals surface area contributed by atoms with Crippen molar-refractivity contribution in [1.82, 2.24) is 24.7 Å². The summed E-state index contributed by atoms with van der Waals surface area (Å²) in [6, 6.07) is 7.80. The van der Waals surface area contributed by atoms with Crippen LogP contribution < -0.4 is 10.9 Å². The molecule has 37 heavy (non-hydrogen) atoms. The van der Waals surface area contributed by atoms with Gasteiger partial charge in [0.2, 0.25) is 0 Å². The van der Waals surface area contributed by atoms with E-state index in [-0.39, 0.29) is 30.0 Å². The number of carbonyl (C=O) groups excluding carboxylic acids is 1. The van der Waals surface area contributed by atoms with Gasteiger partial charge in [0, 0.05) is 50.1 Å². The molecule has 2 atom stereocenters. The molecule has 2 aliphatic carbocycles. The lowest BCUT2D eigenvalue weighted by atomic mass is 9.66. The Hall–Kier alpha value is -2.78. The molecule has 3 heterocycles. The van der Waals surface area contributed by atoms with Crippen LogP contribution in [0.4, 0.5) is 9.18 Å². The van der Waals surface area contributed by atoms with Gasteiger partial charge in [-0.15, -0.1) is 0 Å². The number of carbonyl (C=O) groups is 1. The zero-order valence-electron chi connectivity index (χ0n) is 21.2. The highest BCUT2D eigenvalue weighted by atomic mass is 19.1. The Kier molecular flexibility index (Phi) is 6.31. The van der Waals surface area contributed by atoms with Gasteiger partial charge in [0.15, 0.2) is 0 Å². The molecule has 198 valence electrons. The number of halogens is 1. The maximum Gasteiger partial charge on any atom is 0.320 e. The summed E-state index contributed by atoms with van der Waals surface area (Å²) in [7, 11) is 0. The largest absolute Gasteiger partial charge is 0.387 e. The van der Waals surface area contributed by atoms with Gasteiger partial charge in [-0.2, -0.15) is 0 Å². The third-order valence-electron chi connectivity index (χ3n) is 9.16.